The summed E-state index contributed by atoms with van der Waals surface area (Å²) in [4.78, 5) is 13.7. The third-order valence-electron chi connectivity index (χ3n) is 3.53. The normalized spacial score (nSPS) is 24.3. The van der Waals surface area contributed by atoms with Crippen LogP contribution in [0.4, 0.5) is 0 Å². The van der Waals surface area contributed by atoms with Crippen molar-refractivity contribution in [2.75, 3.05) is 13.1 Å². The predicted octanol–water partition coefficient (Wildman–Crippen LogP) is 2.19. The summed E-state index contributed by atoms with van der Waals surface area (Å²) in [7, 11) is 0. The zero-order chi connectivity index (χ0) is 12.0. The molecule has 0 aromatic carbocycles. The summed E-state index contributed by atoms with van der Waals surface area (Å²) < 4.78 is 0. The number of aliphatic hydroxyl groups is 1. The number of aliphatic hydroxyl groups excluding tert-OH is 1. The van der Waals surface area contributed by atoms with Crippen molar-refractivity contribution in [1.82, 2.24) is 4.90 Å². The van der Waals surface area contributed by atoms with E-state index >= 15 is 0 Å². The first-order valence-electron chi connectivity index (χ1n) is 6.59. The standard InChI is InChI=1S/C13H25NO2/c1-3-12(15)5-4-9-14-10-8-11(2)6-7-13(14)16/h11-12,15H,3-10H2,1-2H3. The van der Waals surface area contributed by atoms with E-state index < -0.39 is 0 Å². The van der Waals surface area contributed by atoms with Gasteiger partial charge in [-0.05, 0) is 38.0 Å². The van der Waals surface area contributed by atoms with E-state index in [0.29, 0.717) is 18.2 Å². The molecule has 1 aliphatic heterocycles. The first kappa shape index (κ1) is 13.5. The van der Waals surface area contributed by atoms with Crippen LogP contribution in [0.25, 0.3) is 0 Å². The van der Waals surface area contributed by atoms with Crippen molar-refractivity contribution >= 4 is 5.91 Å². The summed E-state index contributed by atoms with van der Waals surface area (Å²) in [6.07, 6.45) is 5.23. The van der Waals surface area contributed by atoms with Crippen LogP contribution in [0.15, 0.2) is 0 Å². The molecule has 3 nitrogen and oxygen atoms in total. The molecule has 1 heterocycles. The second-order valence-electron chi connectivity index (χ2n) is 5.02. The van der Waals surface area contributed by atoms with Gasteiger partial charge < -0.3 is 10.0 Å². The smallest absolute Gasteiger partial charge is 0.222 e. The van der Waals surface area contributed by atoms with E-state index in [1.165, 1.54) is 0 Å². The van der Waals surface area contributed by atoms with Crippen LogP contribution in [0.2, 0.25) is 0 Å². The highest BCUT2D eigenvalue weighted by molar-refractivity contribution is 5.76. The average Bonchev–Trinajstić information content (AvgIpc) is 2.43. The Morgan fingerprint density at radius 2 is 2.25 bits per heavy atom. The van der Waals surface area contributed by atoms with Gasteiger partial charge in [-0.25, -0.2) is 0 Å². The molecule has 94 valence electrons. The van der Waals surface area contributed by atoms with Crippen LogP contribution in [0, 0.1) is 5.92 Å². The number of hydrogen-bond donors (Lipinski definition) is 1. The SMILES string of the molecule is CCC(O)CCCN1CCC(C)CCC1=O. The fraction of sp³-hybridized carbons (Fsp3) is 0.923. The molecule has 1 N–H and O–H groups in total. The molecule has 1 fully saturated rings. The maximum absolute atomic E-state index is 11.8. The third kappa shape index (κ3) is 4.52. The Labute approximate surface area is 98.8 Å². The number of carbonyl (C=O) groups excluding carboxylic acids is 1. The van der Waals surface area contributed by atoms with Crippen LogP contribution in [-0.4, -0.2) is 35.1 Å². The van der Waals surface area contributed by atoms with Crippen LogP contribution < -0.4 is 0 Å². The lowest BCUT2D eigenvalue weighted by Crippen LogP contribution is -2.31. The zero-order valence-electron chi connectivity index (χ0n) is 10.6. The second-order valence-corrected chi connectivity index (χ2v) is 5.02. The van der Waals surface area contributed by atoms with Crippen molar-refractivity contribution in [3.63, 3.8) is 0 Å². The number of amides is 1. The number of carbonyl (C=O) groups is 1. The molecule has 0 radical (unpaired) electrons. The highest BCUT2D eigenvalue weighted by Gasteiger charge is 2.19. The largest absolute Gasteiger partial charge is 0.393 e. The highest BCUT2D eigenvalue weighted by atomic mass is 16.3. The summed E-state index contributed by atoms with van der Waals surface area (Å²) in [6.45, 7) is 5.94. The van der Waals surface area contributed by atoms with Crippen LogP contribution in [0.3, 0.4) is 0 Å². The van der Waals surface area contributed by atoms with Crippen molar-refractivity contribution in [2.24, 2.45) is 5.92 Å². The molecule has 16 heavy (non-hydrogen) atoms. The van der Waals surface area contributed by atoms with Gasteiger partial charge in [-0.3, -0.25) is 4.79 Å². The van der Waals surface area contributed by atoms with E-state index in [2.05, 4.69) is 6.92 Å². The number of likely N-dealkylation sites (tertiary alicyclic amines) is 1. The Bertz CT molecular complexity index is 218. The molecule has 2 unspecified atom stereocenters. The molecule has 0 bridgehead atoms. The van der Waals surface area contributed by atoms with Gasteiger partial charge in [-0.15, -0.1) is 0 Å². The van der Waals surface area contributed by atoms with E-state index in [9.17, 15) is 9.90 Å². The number of rotatable bonds is 5. The lowest BCUT2D eigenvalue weighted by molar-refractivity contribution is -0.130. The van der Waals surface area contributed by atoms with E-state index in [0.717, 1.165) is 45.2 Å². The van der Waals surface area contributed by atoms with Gasteiger partial charge in [0, 0.05) is 19.5 Å². The third-order valence-corrected chi connectivity index (χ3v) is 3.53. The van der Waals surface area contributed by atoms with E-state index in [1.807, 2.05) is 11.8 Å². The molecule has 0 saturated carbocycles. The van der Waals surface area contributed by atoms with Crippen molar-refractivity contribution in [3.8, 4) is 0 Å². The van der Waals surface area contributed by atoms with Crippen LogP contribution in [0.5, 0.6) is 0 Å². The van der Waals surface area contributed by atoms with Crippen LogP contribution >= 0.6 is 0 Å². The Hall–Kier alpha value is -0.570. The number of nitrogens with zero attached hydrogens (tertiary/aromatic N) is 1. The van der Waals surface area contributed by atoms with E-state index in [-0.39, 0.29) is 6.10 Å². The van der Waals surface area contributed by atoms with Gasteiger partial charge in [0.05, 0.1) is 6.10 Å². The highest BCUT2D eigenvalue weighted by Crippen LogP contribution is 2.18. The van der Waals surface area contributed by atoms with Crippen LogP contribution in [-0.2, 0) is 4.79 Å². The molecule has 0 spiro atoms. The topological polar surface area (TPSA) is 40.5 Å². The van der Waals surface area contributed by atoms with Gasteiger partial charge in [0.1, 0.15) is 0 Å². The molecule has 2 atom stereocenters. The summed E-state index contributed by atoms with van der Waals surface area (Å²) >= 11 is 0. The Kier molecular flexibility index (Phi) is 5.81. The van der Waals surface area contributed by atoms with E-state index in [4.69, 9.17) is 0 Å². The van der Waals surface area contributed by atoms with Crippen molar-refractivity contribution in [2.45, 2.75) is 58.5 Å². The minimum absolute atomic E-state index is 0.194. The molecule has 0 aromatic rings. The minimum atomic E-state index is -0.194. The minimum Gasteiger partial charge on any atom is -0.393 e. The fourth-order valence-corrected chi connectivity index (χ4v) is 2.13. The van der Waals surface area contributed by atoms with Crippen molar-refractivity contribution in [3.05, 3.63) is 0 Å². The van der Waals surface area contributed by atoms with Crippen molar-refractivity contribution < 1.29 is 9.90 Å². The Balaban J connectivity index is 2.26. The monoisotopic (exact) mass is 227 g/mol. The quantitative estimate of drug-likeness (QED) is 0.782. The average molecular weight is 227 g/mol. The molecule has 1 saturated heterocycles. The first-order chi connectivity index (χ1) is 7.63. The maximum Gasteiger partial charge on any atom is 0.222 e. The molecular weight excluding hydrogens is 202 g/mol. The molecule has 0 aromatic heterocycles. The molecule has 3 heteroatoms. The van der Waals surface area contributed by atoms with Crippen LogP contribution in [0.1, 0.15) is 52.4 Å². The van der Waals surface area contributed by atoms with Gasteiger partial charge in [-0.1, -0.05) is 13.8 Å². The predicted molar refractivity (Wildman–Crippen MR) is 65.1 cm³/mol. The van der Waals surface area contributed by atoms with Gasteiger partial charge in [0.2, 0.25) is 5.91 Å². The second kappa shape index (κ2) is 6.89. The fourth-order valence-electron chi connectivity index (χ4n) is 2.13. The summed E-state index contributed by atoms with van der Waals surface area (Å²) in [5, 5.41) is 9.45. The first-order valence-corrected chi connectivity index (χ1v) is 6.59. The van der Waals surface area contributed by atoms with Gasteiger partial charge >= 0.3 is 0 Å². The summed E-state index contributed by atoms with van der Waals surface area (Å²) in [5.74, 6) is 0.977. The summed E-state index contributed by atoms with van der Waals surface area (Å²) in [6, 6.07) is 0. The Morgan fingerprint density at radius 3 is 2.94 bits per heavy atom. The molecule has 1 aliphatic rings. The van der Waals surface area contributed by atoms with Gasteiger partial charge in [-0.2, -0.15) is 0 Å². The molecule has 0 aliphatic carbocycles. The zero-order valence-corrected chi connectivity index (χ0v) is 10.6. The maximum atomic E-state index is 11.8. The van der Waals surface area contributed by atoms with Gasteiger partial charge in [0.25, 0.3) is 0 Å². The number of hydrogen-bond acceptors (Lipinski definition) is 2. The lowest BCUT2D eigenvalue weighted by atomic mass is 10.0. The molecule has 1 rings (SSSR count). The Morgan fingerprint density at radius 1 is 1.50 bits per heavy atom. The molecule has 1 amide bonds. The van der Waals surface area contributed by atoms with Gasteiger partial charge in [0.15, 0.2) is 0 Å². The summed E-state index contributed by atoms with van der Waals surface area (Å²) in [5.41, 5.74) is 0. The molecular formula is C13H25NO2. The van der Waals surface area contributed by atoms with Crippen molar-refractivity contribution in [1.29, 1.82) is 0 Å². The van der Waals surface area contributed by atoms with E-state index in [1.54, 1.807) is 0 Å². The lowest BCUT2D eigenvalue weighted by Gasteiger charge is -2.21.